The molecule has 0 aliphatic rings. The number of aliphatic hydroxyl groups excluding tert-OH is 2. The Bertz CT molecular complexity index is 433. The maximum atomic E-state index is 8.66. The second kappa shape index (κ2) is 8.43. The molecule has 0 atom stereocenters. The predicted molar refractivity (Wildman–Crippen MR) is 79.7 cm³/mol. The number of thiophene rings is 2. The Balaban J connectivity index is 0.000000184. The van der Waals surface area contributed by atoms with Crippen molar-refractivity contribution in [3.05, 3.63) is 43.8 Å². The van der Waals surface area contributed by atoms with Crippen molar-refractivity contribution in [2.24, 2.45) is 0 Å². The first kappa shape index (κ1) is 15.4. The fraction of sp³-hybridized carbons (Fsp3) is 0.429. The monoisotopic (exact) mass is 284 g/mol. The van der Waals surface area contributed by atoms with Gasteiger partial charge in [-0.15, -0.1) is 11.3 Å². The van der Waals surface area contributed by atoms with Gasteiger partial charge in [0.2, 0.25) is 0 Å². The molecule has 0 radical (unpaired) electrons. The zero-order chi connectivity index (χ0) is 13.4. The summed E-state index contributed by atoms with van der Waals surface area (Å²) in [5, 5.41) is 21.2. The molecule has 0 fully saturated rings. The summed E-state index contributed by atoms with van der Waals surface area (Å²) in [6.07, 6.45) is 1.60. The Hall–Kier alpha value is -0.680. The third-order valence-electron chi connectivity index (χ3n) is 2.51. The van der Waals surface area contributed by atoms with E-state index in [0.717, 1.165) is 12.8 Å². The van der Waals surface area contributed by atoms with Gasteiger partial charge in [-0.05, 0) is 60.7 Å². The van der Waals surface area contributed by atoms with Crippen LogP contribution in [0.4, 0.5) is 0 Å². The van der Waals surface area contributed by atoms with Gasteiger partial charge in [0.15, 0.2) is 0 Å². The number of hydrogen-bond donors (Lipinski definition) is 2. The van der Waals surface area contributed by atoms with Crippen molar-refractivity contribution >= 4 is 22.7 Å². The number of rotatable bonds is 4. The second-order valence-corrected chi connectivity index (χ2v) is 6.26. The van der Waals surface area contributed by atoms with Gasteiger partial charge in [0.1, 0.15) is 0 Å². The van der Waals surface area contributed by atoms with Crippen LogP contribution in [0.25, 0.3) is 0 Å². The first-order valence-corrected chi connectivity index (χ1v) is 7.72. The molecule has 0 spiro atoms. The van der Waals surface area contributed by atoms with Crippen LogP contribution in [0.1, 0.15) is 20.9 Å². The van der Waals surface area contributed by atoms with E-state index in [-0.39, 0.29) is 13.2 Å². The zero-order valence-corrected chi connectivity index (χ0v) is 12.5. The van der Waals surface area contributed by atoms with Gasteiger partial charge in [0, 0.05) is 23.0 Å². The number of aliphatic hydroxyl groups is 2. The van der Waals surface area contributed by atoms with Gasteiger partial charge in [0.25, 0.3) is 0 Å². The summed E-state index contributed by atoms with van der Waals surface area (Å²) in [4.78, 5) is 2.67. The van der Waals surface area contributed by atoms with Crippen LogP contribution >= 0.6 is 22.7 Å². The smallest absolute Gasteiger partial charge is 0.0471 e. The van der Waals surface area contributed by atoms with Crippen LogP contribution in [-0.2, 0) is 12.8 Å². The molecule has 100 valence electrons. The molecule has 18 heavy (non-hydrogen) atoms. The molecule has 4 heteroatoms. The average molecular weight is 284 g/mol. The van der Waals surface area contributed by atoms with E-state index in [2.05, 4.69) is 25.3 Å². The van der Waals surface area contributed by atoms with Crippen molar-refractivity contribution in [1.82, 2.24) is 0 Å². The van der Waals surface area contributed by atoms with Crippen molar-refractivity contribution in [2.45, 2.75) is 26.7 Å². The molecule has 2 heterocycles. The Morgan fingerprint density at radius 1 is 1.11 bits per heavy atom. The van der Waals surface area contributed by atoms with Gasteiger partial charge in [0.05, 0.1) is 0 Å². The molecule has 2 rings (SSSR count). The van der Waals surface area contributed by atoms with Crippen LogP contribution in [0.3, 0.4) is 0 Å². The van der Waals surface area contributed by atoms with E-state index in [4.69, 9.17) is 10.2 Å². The van der Waals surface area contributed by atoms with E-state index in [1.165, 1.54) is 20.9 Å². The van der Waals surface area contributed by atoms with Crippen LogP contribution in [-0.4, -0.2) is 23.4 Å². The molecule has 0 saturated heterocycles. The van der Waals surface area contributed by atoms with Crippen molar-refractivity contribution < 1.29 is 10.2 Å². The minimum atomic E-state index is 0.261. The predicted octanol–water partition coefficient (Wildman–Crippen LogP) is 3.18. The number of hydrogen-bond acceptors (Lipinski definition) is 4. The molecular weight excluding hydrogens is 264 g/mol. The SMILES string of the molecule is Cc1cc(CCO)c(C)s1.OCCc1ccsc1. The van der Waals surface area contributed by atoms with Gasteiger partial charge in [-0.1, -0.05) is 0 Å². The van der Waals surface area contributed by atoms with E-state index in [1.54, 1.807) is 22.7 Å². The van der Waals surface area contributed by atoms with Crippen molar-refractivity contribution in [3.8, 4) is 0 Å². The van der Waals surface area contributed by atoms with Crippen molar-refractivity contribution in [2.75, 3.05) is 13.2 Å². The molecule has 0 aliphatic heterocycles. The van der Waals surface area contributed by atoms with Crippen LogP contribution in [0, 0.1) is 13.8 Å². The standard InChI is InChI=1S/C8H12OS.C6H8OS/c1-6-5-8(3-4-9)7(2)10-6;7-3-1-6-2-4-8-5-6/h5,9H,3-4H2,1-2H3;2,4-5,7H,1,3H2. The molecule has 0 aromatic carbocycles. The van der Waals surface area contributed by atoms with Crippen molar-refractivity contribution in [3.63, 3.8) is 0 Å². The van der Waals surface area contributed by atoms with Gasteiger partial charge < -0.3 is 10.2 Å². The summed E-state index contributed by atoms with van der Waals surface area (Å²) < 4.78 is 0. The maximum absolute atomic E-state index is 8.66. The molecule has 2 aromatic rings. The molecule has 0 amide bonds. The molecule has 2 nitrogen and oxygen atoms in total. The lowest BCUT2D eigenvalue weighted by Crippen LogP contribution is -1.88. The Morgan fingerprint density at radius 2 is 1.83 bits per heavy atom. The summed E-state index contributed by atoms with van der Waals surface area (Å²) in [5.74, 6) is 0. The largest absolute Gasteiger partial charge is 0.396 e. The van der Waals surface area contributed by atoms with E-state index in [0.29, 0.717) is 0 Å². The molecule has 0 saturated carbocycles. The second-order valence-electron chi connectivity index (χ2n) is 4.02. The minimum Gasteiger partial charge on any atom is -0.396 e. The van der Waals surface area contributed by atoms with Crippen LogP contribution < -0.4 is 0 Å². The van der Waals surface area contributed by atoms with E-state index < -0.39 is 0 Å². The third kappa shape index (κ3) is 5.31. The lowest BCUT2D eigenvalue weighted by atomic mass is 10.2. The topological polar surface area (TPSA) is 40.5 Å². The first-order valence-electron chi connectivity index (χ1n) is 5.96. The normalized spacial score (nSPS) is 10.0. The fourth-order valence-corrected chi connectivity index (χ4v) is 3.30. The van der Waals surface area contributed by atoms with E-state index in [1.807, 2.05) is 11.4 Å². The quantitative estimate of drug-likeness (QED) is 0.905. The van der Waals surface area contributed by atoms with Gasteiger partial charge >= 0.3 is 0 Å². The molecule has 0 aliphatic carbocycles. The van der Waals surface area contributed by atoms with Gasteiger partial charge in [-0.2, -0.15) is 11.3 Å². The molecule has 0 unspecified atom stereocenters. The van der Waals surface area contributed by atoms with Crippen LogP contribution in [0.15, 0.2) is 22.9 Å². The lowest BCUT2D eigenvalue weighted by molar-refractivity contribution is 0.299. The Labute approximate surface area is 117 Å². The number of aryl methyl sites for hydroxylation is 2. The summed E-state index contributed by atoms with van der Waals surface area (Å²) in [6.45, 7) is 4.72. The highest BCUT2D eigenvalue weighted by molar-refractivity contribution is 7.12. The highest BCUT2D eigenvalue weighted by Gasteiger charge is 2.00. The zero-order valence-electron chi connectivity index (χ0n) is 10.8. The molecule has 2 N–H and O–H groups in total. The summed E-state index contributed by atoms with van der Waals surface area (Å²) in [7, 11) is 0. The molecule has 0 bridgehead atoms. The summed E-state index contributed by atoms with van der Waals surface area (Å²) >= 11 is 3.47. The Morgan fingerprint density at radius 3 is 2.28 bits per heavy atom. The molecule has 2 aromatic heterocycles. The maximum Gasteiger partial charge on any atom is 0.0471 e. The van der Waals surface area contributed by atoms with Gasteiger partial charge in [-0.3, -0.25) is 0 Å². The third-order valence-corrected chi connectivity index (χ3v) is 4.25. The van der Waals surface area contributed by atoms with Crippen LogP contribution in [0.5, 0.6) is 0 Å². The first-order chi connectivity index (χ1) is 8.67. The highest BCUT2D eigenvalue weighted by atomic mass is 32.1. The summed E-state index contributed by atoms with van der Waals surface area (Å²) in [6, 6.07) is 4.18. The van der Waals surface area contributed by atoms with E-state index >= 15 is 0 Å². The van der Waals surface area contributed by atoms with Crippen molar-refractivity contribution in [1.29, 1.82) is 0 Å². The average Bonchev–Trinajstić information content (AvgIpc) is 2.92. The van der Waals surface area contributed by atoms with Crippen LogP contribution in [0.2, 0.25) is 0 Å². The highest BCUT2D eigenvalue weighted by Crippen LogP contribution is 2.20. The lowest BCUT2D eigenvalue weighted by Gasteiger charge is -1.92. The molecular formula is C14H20O2S2. The minimum absolute atomic E-state index is 0.261. The summed E-state index contributed by atoms with van der Waals surface area (Å²) in [5.41, 5.74) is 2.53. The van der Waals surface area contributed by atoms with E-state index in [9.17, 15) is 0 Å². The van der Waals surface area contributed by atoms with Gasteiger partial charge in [-0.25, -0.2) is 0 Å². The fourth-order valence-electron chi connectivity index (χ4n) is 1.62. The Kier molecular flexibility index (Phi) is 7.20.